The van der Waals surface area contributed by atoms with Gasteiger partial charge in [-0.05, 0) is 36.7 Å². The van der Waals surface area contributed by atoms with Crippen molar-refractivity contribution >= 4 is 34.1 Å². The lowest BCUT2D eigenvalue weighted by molar-refractivity contribution is 0.0619. The van der Waals surface area contributed by atoms with E-state index in [1.807, 2.05) is 46.6 Å². The molecule has 2 aromatic carbocycles. The summed E-state index contributed by atoms with van der Waals surface area (Å²) in [5, 5.41) is 4.45. The number of fused-ring (bicyclic) bond motifs is 2. The number of methoxy groups -OCH3 is 2. The molecule has 3 aromatic heterocycles. The van der Waals surface area contributed by atoms with Gasteiger partial charge in [0.1, 0.15) is 40.2 Å². The van der Waals surface area contributed by atoms with Crippen LogP contribution in [0.2, 0.25) is 0 Å². The van der Waals surface area contributed by atoms with Crippen LogP contribution in [-0.2, 0) is 21.5 Å². The van der Waals surface area contributed by atoms with Crippen LogP contribution in [0, 0.1) is 5.82 Å². The topological polar surface area (TPSA) is 92.8 Å². The van der Waals surface area contributed by atoms with Crippen LogP contribution in [0.1, 0.15) is 29.1 Å². The largest absolute Gasteiger partial charge is 0.496 e. The Hall–Kier alpha value is -3.58. The molecule has 12 heteroatoms. The van der Waals surface area contributed by atoms with E-state index >= 15 is 0 Å². The molecular weight excluding hydrogens is 567 g/mol. The summed E-state index contributed by atoms with van der Waals surface area (Å²) in [4.78, 5) is 9.62. The minimum Gasteiger partial charge on any atom is -0.496 e. The number of imidazole rings is 1. The number of nitrogens with zero attached hydrogens (tertiary/aromatic N) is 3. The van der Waals surface area contributed by atoms with Gasteiger partial charge in [-0.1, -0.05) is 18.2 Å². The highest BCUT2D eigenvalue weighted by atomic mass is 32.2. The van der Waals surface area contributed by atoms with Crippen LogP contribution in [0.5, 0.6) is 11.5 Å². The number of rotatable bonds is 8. The summed E-state index contributed by atoms with van der Waals surface area (Å²) in [5.74, 6) is 1.62. The van der Waals surface area contributed by atoms with Crippen LogP contribution in [0.15, 0.2) is 63.6 Å². The van der Waals surface area contributed by atoms with E-state index < -0.39 is 5.41 Å². The molecule has 1 saturated heterocycles. The lowest BCUT2D eigenvalue weighted by Gasteiger charge is -2.36. The average molecular weight is 595 g/mol. The molecule has 0 aliphatic carbocycles. The van der Waals surface area contributed by atoms with Gasteiger partial charge in [0.2, 0.25) is 0 Å². The van der Waals surface area contributed by atoms with Gasteiger partial charge < -0.3 is 23.4 Å². The molecule has 1 unspecified atom stereocenters. The van der Waals surface area contributed by atoms with Gasteiger partial charge in [0, 0.05) is 43.4 Å². The summed E-state index contributed by atoms with van der Waals surface area (Å²) >= 11 is 3.02. The van der Waals surface area contributed by atoms with Gasteiger partial charge in [-0.2, -0.15) is 0 Å². The van der Waals surface area contributed by atoms with Crippen molar-refractivity contribution in [1.82, 2.24) is 14.6 Å². The van der Waals surface area contributed by atoms with Crippen LogP contribution in [0.4, 0.5) is 4.39 Å². The third-order valence-corrected chi connectivity index (χ3v) is 9.58. The number of ether oxygens (including phenoxy) is 4. The van der Waals surface area contributed by atoms with E-state index in [2.05, 4.69) is 10.4 Å². The molecule has 5 aromatic rings. The fourth-order valence-electron chi connectivity index (χ4n) is 5.35. The normalized spacial score (nSPS) is 17.9. The number of nitrogens with one attached hydrogen (secondary N) is 1. The highest BCUT2D eigenvalue weighted by Crippen LogP contribution is 2.44. The zero-order valence-corrected chi connectivity index (χ0v) is 24.0. The molecule has 0 saturated carbocycles. The van der Waals surface area contributed by atoms with Gasteiger partial charge in [0.15, 0.2) is 16.5 Å². The summed E-state index contributed by atoms with van der Waals surface area (Å²) in [6.07, 6.45) is 3.22. The second-order valence-corrected chi connectivity index (χ2v) is 11.7. The van der Waals surface area contributed by atoms with Crippen molar-refractivity contribution in [1.29, 1.82) is 0 Å². The van der Waals surface area contributed by atoms with Crippen LogP contribution >= 0.6 is 23.1 Å². The van der Waals surface area contributed by atoms with Crippen molar-refractivity contribution in [3.63, 3.8) is 0 Å². The summed E-state index contributed by atoms with van der Waals surface area (Å²) in [5.41, 5.74) is 5.25. The Morgan fingerprint density at radius 1 is 1.15 bits per heavy atom. The molecule has 2 aliphatic heterocycles. The van der Waals surface area contributed by atoms with Crippen molar-refractivity contribution < 1.29 is 27.8 Å². The standard InChI is InChI=1S/C29H27FN4O5S2/c1-35-18-11-23(19-13-25(39-24(19)12-18)22-14-34-27(32-22)41-28(33-34)36-2)38-15-17-16-40-26(31-17)29(7-9-37-10-8-29)20-5-3-4-6-21(20)30/h3-6,11-14,16,28,33H,7-10,15H2,1-2H3. The minimum absolute atomic E-state index is 0.175. The Bertz CT molecular complexity index is 1690. The number of benzene rings is 2. The molecule has 1 atom stereocenters. The van der Waals surface area contributed by atoms with Gasteiger partial charge in [-0.25, -0.2) is 19.0 Å². The van der Waals surface area contributed by atoms with E-state index in [9.17, 15) is 4.39 Å². The summed E-state index contributed by atoms with van der Waals surface area (Å²) in [7, 11) is 3.25. The van der Waals surface area contributed by atoms with Crippen molar-refractivity contribution in [2.45, 2.75) is 35.6 Å². The monoisotopic (exact) mass is 594 g/mol. The highest BCUT2D eigenvalue weighted by Gasteiger charge is 2.41. The Balaban J connectivity index is 1.16. The van der Waals surface area contributed by atoms with Crippen molar-refractivity contribution in [2.24, 2.45) is 0 Å². The number of hydrogen-bond acceptors (Lipinski definition) is 10. The zero-order valence-electron chi connectivity index (χ0n) is 22.4. The van der Waals surface area contributed by atoms with Gasteiger partial charge in [-0.15, -0.1) is 11.3 Å². The second kappa shape index (κ2) is 10.7. The number of hydrogen-bond donors (Lipinski definition) is 1. The average Bonchev–Trinajstić information content (AvgIpc) is 3.79. The SMILES string of the molecule is COc1cc(OCc2csc(C3(c4ccccc4F)CCOCC3)n2)c2cc(-c3cn4c(n3)SC(OC)N4)oc2c1. The lowest BCUT2D eigenvalue weighted by atomic mass is 9.74. The maximum Gasteiger partial charge on any atom is 0.196 e. The number of aromatic nitrogens is 3. The summed E-state index contributed by atoms with van der Waals surface area (Å²) in [6, 6.07) is 12.6. The predicted molar refractivity (Wildman–Crippen MR) is 154 cm³/mol. The van der Waals surface area contributed by atoms with Gasteiger partial charge in [0.25, 0.3) is 0 Å². The van der Waals surface area contributed by atoms with Crippen LogP contribution in [-0.4, -0.2) is 47.6 Å². The van der Waals surface area contributed by atoms with Gasteiger partial charge in [-0.3, -0.25) is 5.43 Å². The predicted octanol–water partition coefficient (Wildman–Crippen LogP) is 6.16. The number of halogens is 1. The first-order chi connectivity index (χ1) is 20.1. The smallest absolute Gasteiger partial charge is 0.196 e. The minimum atomic E-state index is -0.517. The molecule has 0 amide bonds. The molecule has 9 nitrogen and oxygen atoms in total. The third-order valence-electron chi connectivity index (χ3n) is 7.48. The Kier molecular flexibility index (Phi) is 6.86. The van der Waals surface area contributed by atoms with Crippen LogP contribution in [0.3, 0.4) is 0 Å². The first-order valence-electron chi connectivity index (χ1n) is 13.1. The molecule has 0 spiro atoms. The highest BCUT2D eigenvalue weighted by molar-refractivity contribution is 7.99. The van der Waals surface area contributed by atoms with Gasteiger partial charge in [0.05, 0.1) is 29.8 Å². The number of thiazole rings is 1. The molecule has 2 aliphatic rings. The van der Waals surface area contributed by atoms with Crippen LogP contribution in [0.25, 0.3) is 22.4 Å². The first kappa shape index (κ1) is 26.3. The van der Waals surface area contributed by atoms with E-state index in [4.69, 9.17) is 28.3 Å². The van der Waals surface area contributed by atoms with Crippen molar-refractivity contribution in [3.8, 4) is 23.0 Å². The van der Waals surface area contributed by atoms with Gasteiger partial charge >= 0.3 is 0 Å². The zero-order chi connectivity index (χ0) is 28.0. The van der Waals surface area contributed by atoms with Crippen LogP contribution < -0.4 is 14.9 Å². The quantitative estimate of drug-likeness (QED) is 0.227. The molecule has 212 valence electrons. The maximum absolute atomic E-state index is 15.0. The molecule has 5 heterocycles. The number of furan rings is 1. The lowest BCUT2D eigenvalue weighted by Crippen LogP contribution is -2.35. The van der Waals surface area contributed by atoms with E-state index in [1.54, 1.807) is 20.3 Å². The molecule has 1 fully saturated rings. The van der Waals surface area contributed by atoms with Crippen molar-refractivity contribution in [3.05, 3.63) is 76.1 Å². The summed E-state index contributed by atoms with van der Waals surface area (Å²) < 4.78 is 45.8. The summed E-state index contributed by atoms with van der Waals surface area (Å²) in [6.45, 7) is 1.36. The third kappa shape index (κ3) is 4.74. The first-order valence-corrected chi connectivity index (χ1v) is 14.9. The molecule has 0 radical (unpaired) electrons. The second-order valence-electron chi connectivity index (χ2n) is 9.85. The molecule has 0 bridgehead atoms. The maximum atomic E-state index is 15.0. The molecule has 41 heavy (non-hydrogen) atoms. The Morgan fingerprint density at radius 2 is 2.00 bits per heavy atom. The van der Waals surface area contributed by atoms with E-state index in [0.717, 1.165) is 21.2 Å². The van der Waals surface area contributed by atoms with E-state index in [0.29, 0.717) is 60.2 Å². The molecule has 7 rings (SSSR count). The molecule has 1 N–H and O–H groups in total. The Labute approximate surface area is 243 Å². The van der Waals surface area contributed by atoms with Crippen molar-refractivity contribution in [2.75, 3.05) is 32.9 Å². The molecular formula is C29H27FN4O5S2. The Morgan fingerprint density at radius 3 is 2.78 bits per heavy atom. The van der Waals surface area contributed by atoms with E-state index in [1.165, 1.54) is 29.2 Å². The fourth-order valence-corrected chi connectivity index (χ4v) is 7.25. The fraction of sp³-hybridized carbons (Fsp3) is 0.310. The van der Waals surface area contributed by atoms with E-state index in [-0.39, 0.29) is 18.0 Å². The number of thioether (sulfide) groups is 1.